The average Bonchev–Trinajstić information content (AvgIpc) is 3.52. The molecule has 31 heavy (non-hydrogen) atoms. The minimum absolute atomic E-state index is 0.0883. The van der Waals surface area contributed by atoms with Gasteiger partial charge < -0.3 is 19.4 Å². The molecule has 8 heteroatoms. The number of pyridine rings is 1. The zero-order valence-electron chi connectivity index (χ0n) is 16.7. The van der Waals surface area contributed by atoms with Crippen LogP contribution < -0.4 is 5.32 Å². The molecule has 1 aromatic carbocycles. The number of ether oxygens (including phenoxy) is 1. The Balaban J connectivity index is 1.43. The van der Waals surface area contributed by atoms with E-state index in [-0.39, 0.29) is 18.2 Å². The third kappa shape index (κ3) is 4.60. The summed E-state index contributed by atoms with van der Waals surface area (Å²) in [6.07, 6.45) is 4.14. The molecule has 5 rings (SSSR count). The van der Waals surface area contributed by atoms with Crippen LogP contribution in [0.25, 0.3) is 0 Å². The Kier molecular flexibility index (Phi) is 6.18. The van der Waals surface area contributed by atoms with E-state index in [4.69, 9.17) is 33.0 Å². The summed E-state index contributed by atoms with van der Waals surface area (Å²) in [5.41, 5.74) is 0.938. The summed E-state index contributed by atoms with van der Waals surface area (Å²) in [4.78, 5) is 7.85. The second-order valence-corrected chi connectivity index (χ2v) is 9.53. The van der Waals surface area contributed by atoms with Crippen LogP contribution in [0.1, 0.15) is 36.4 Å². The van der Waals surface area contributed by atoms with Gasteiger partial charge in [-0.3, -0.25) is 4.98 Å². The number of nitrogens with zero attached hydrogens (tertiary/aromatic N) is 2. The molecule has 3 aromatic rings. The summed E-state index contributed by atoms with van der Waals surface area (Å²) in [5.74, 6) is 0.859. The topological polar surface area (TPSA) is 50.5 Å². The molecule has 2 aromatic heterocycles. The molecule has 0 radical (unpaired) electrons. The first-order chi connectivity index (χ1) is 15.2. The minimum Gasteiger partial charge on any atom is -0.452 e. The van der Waals surface area contributed by atoms with Crippen LogP contribution >= 0.6 is 35.6 Å². The first-order valence-corrected chi connectivity index (χ1v) is 11.9. The predicted octanol–water partition coefficient (Wildman–Crippen LogP) is 5.63. The Morgan fingerprint density at radius 1 is 1.16 bits per heavy atom. The SMILES string of the molecule is S=C1NC(c2ccccn2)C(c2ccc(Sc3ccc(Cl)cc3)o2)N1CC1CCCO1. The Morgan fingerprint density at radius 2 is 2.03 bits per heavy atom. The molecule has 5 nitrogen and oxygen atoms in total. The molecule has 160 valence electrons. The third-order valence-electron chi connectivity index (χ3n) is 5.55. The van der Waals surface area contributed by atoms with Gasteiger partial charge in [0.15, 0.2) is 10.2 Å². The number of nitrogens with one attached hydrogen (secondary N) is 1. The molecule has 3 unspecified atom stereocenters. The molecule has 0 amide bonds. The van der Waals surface area contributed by atoms with Crippen LogP contribution in [0.15, 0.2) is 75.2 Å². The summed E-state index contributed by atoms with van der Waals surface area (Å²) >= 11 is 13.3. The average molecular weight is 472 g/mol. The van der Waals surface area contributed by atoms with Crippen LogP contribution in [0.3, 0.4) is 0 Å². The van der Waals surface area contributed by atoms with Crippen LogP contribution in [-0.4, -0.2) is 34.3 Å². The Bertz CT molecular complexity index is 1040. The van der Waals surface area contributed by atoms with Crippen molar-refractivity contribution in [1.82, 2.24) is 15.2 Å². The maximum atomic E-state index is 6.32. The van der Waals surface area contributed by atoms with Crippen molar-refractivity contribution in [2.24, 2.45) is 0 Å². The number of rotatable bonds is 6. The fourth-order valence-corrected chi connectivity index (χ4v) is 5.31. The number of aromatic nitrogens is 1. The van der Waals surface area contributed by atoms with Gasteiger partial charge in [0.25, 0.3) is 0 Å². The number of hydrogen-bond donors (Lipinski definition) is 1. The van der Waals surface area contributed by atoms with E-state index in [2.05, 4.69) is 15.2 Å². The van der Waals surface area contributed by atoms with Gasteiger partial charge in [0.2, 0.25) is 0 Å². The van der Waals surface area contributed by atoms with Crippen LogP contribution in [0.5, 0.6) is 0 Å². The maximum Gasteiger partial charge on any atom is 0.170 e. The number of halogens is 1. The van der Waals surface area contributed by atoms with Gasteiger partial charge in [0.05, 0.1) is 17.8 Å². The van der Waals surface area contributed by atoms with Crippen molar-refractivity contribution >= 4 is 40.7 Å². The molecule has 2 saturated heterocycles. The molecular weight excluding hydrogens is 450 g/mol. The Hall–Kier alpha value is -2.06. The molecule has 0 saturated carbocycles. The van der Waals surface area contributed by atoms with Gasteiger partial charge >= 0.3 is 0 Å². The molecule has 4 heterocycles. The van der Waals surface area contributed by atoms with E-state index < -0.39 is 0 Å². The van der Waals surface area contributed by atoms with Gasteiger partial charge in [-0.25, -0.2) is 0 Å². The number of furan rings is 1. The van der Waals surface area contributed by atoms with Gasteiger partial charge in [0, 0.05) is 29.3 Å². The molecule has 0 aliphatic carbocycles. The highest BCUT2D eigenvalue weighted by atomic mass is 35.5. The van der Waals surface area contributed by atoms with E-state index >= 15 is 0 Å². The normalized spacial score (nSPS) is 23.3. The molecule has 2 aliphatic heterocycles. The van der Waals surface area contributed by atoms with E-state index in [0.29, 0.717) is 5.11 Å². The Morgan fingerprint density at radius 3 is 2.77 bits per heavy atom. The lowest BCUT2D eigenvalue weighted by Crippen LogP contribution is -2.36. The first kappa shape index (κ1) is 20.8. The van der Waals surface area contributed by atoms with Crippen molar-refractivity contribution in [3.05, 3.63) is 77.3 Å². The second kappa shape index (κ2) is 9.20. The third-order valence-corrected chi connectivity index (χ3v) is 7.08. The van der Waals surface area contributed by atoms with Gasteiger partial charge in [0.1, 0.15) is 11.8 Å². The monoisotopic (exact) mass is 471 g/mol. The standard InChI is InChI=1S/C23H22ClN3O2S2/c24-15-6-8-17(9-7-15)31-20-11-10-19(29-20)22-21(18-5-1-2-12-25-18)26-23(30)27(22)14-16-4-3-13-28-16/h1-2,5-12,16,21-22H,3-4,13-14H2,(H,26,30). The van der Waals surface area contributed by atoms with Crippen molar-refractivity contribution in [2.75, 3.05) is 13.2 Å². The molecule has 2 aliphatic rings. The molecule has 0 spiro atoms. The highest BCUT2D eigenvalue weighted by Crippen LogP contribution is 2.41. The van der Waals surface area contributed by atoms with Gasteiger partial charge in [-0.15, -0.1) is 0 Å². The van der Waals surface area contributed by atoms with Crippen molar-refractivity contribution in [3.8, 4) is 0 Å². The molecule has 1 N–H and O–H groups in total. The van der Waals surface area contributed by atoms with Gasteiger partial charge in [-0.1, -0.05) is 29.4 Å². The van der Waals surface area contributed by atoms with Gasteiger partial charge in [-0.05, 0) is 73.6 Å². The van der Waals surface area contributed by atoms with Gasteiger partial charge in [-0.2, -0.15) is 0 Å². The van der Waals surface area contributed by atoms with Crippen LogP contribution in [-0.2, 0) is 4.74 Å². The highest BCUT2D eigenvalue weighted by Gasteiger charge is 2.42. The van der Waals surface area contributed by atoms with E-state index in [9.17, 15) is 0 Å². The van der Waals surface area contributed by atoms with E-state index in [1.807, 2.05) is 60.8 Å². The van der Waals surface area contributed by atoms with Crippen molar-refractivity contribution in [2.45, 2.75) is 41.0 Å². The molecule has 0 bridgehead atoms. The number of thiocarbonyl (C=S) groups is 1. The maximum absolute atomic E-state index is 6.32. The lowest BCUT2D eigenvalue weighted by Gasteiger charge is -2.28. The highest BCUT2D eigenvalue weighted by molar-refractivity contribution is 7.99. The summed E-state index contributed by atoms with van der Waals surface area (Å²) in [6, 6.07) is 17.5. The molecular formula is C23H22ClN3O2S2. The fraction of sp³-hybridized carbons (Fsp3) is 0.304. The summed E-state index contributed by atoms with van der Waals surface area (Å²) in [7, 11) is 0. The quantitative estimate of drug-likeness (QED) is 0.467. The largest absolute Gasteiger partial charge is 0.452 e. The number of hydrogen-bond acceptors (Lipinski definition) is 5. The second-order valence-electron chi connectivity index (χ2n) is 7.63. The zero-order valence-corrected chi connectivity index (χ0v) is 19.1. The van der Waals surface area contributed by atoms with Crippen molar-refractivity contribution < 1.29 is 9.15 Å². The summed E-state index contributed by atoms with van der Waals surface area (Å²) in [6.45, 7) is 1.55. The van der Waals surface area contributed by atoms with Crippen molar-refractivity contribution in [1.29, 1.82) is 0 Å². The molecule has 3 atom stereocenters. The summed E-state index contributed by atoms with van der Waals surface area (Å²) < 4.78 is 12.2. The zero-order chi connectivity index (χ0) is 21.2. The van der Waals surface area contributed by atoms with E-state index in [1.54, 1.807) is 11.8 Å². The van der Waals surface area contributed by atoms with Crippen LogP contribution in [0.4, 0.5) is 0 Å². The lowest BCUT2D eigenvalue weighted by atomic mass is 10.0. The number of benzene rings is 1. The van der Waals surface area contributed by atoms with E-state index in [0.717, 1.165) is 52.5 Å². The molecule has 2 fully saturated rings. The predicted molar refractivity (Wildman–Crippen MR) is 125 cm³/mol. The smallest absolute Gasteiger partial charge is 0.170 e. The van der Waals surface area contributed by atoms with E-state index in [1.165, 1.54) is 0 Å². The fourth-order valence-electron chi connectivity index (χ4n) is 4.09. The summed E-state index contributed by atoms with van der Waals surface area (Å²) in [5, 5.41) is 5.72. The minimum atomic E-state index is -0.0915. The lowest BCUT2D eigenvalue weighted by molar-refractivity contribution is 0.0812. The van der Waals surface area contributed by atoms with Crippen molar-refractivity contribution in [3.63, 3.8) is 0 Å². The first-order valence-electron chi connectivity index (χ1n) is 10.3. The van der Waals surface area contributed by atoms with Crippen LogP contribution in [0, 0.1) is 0 Å². The van der Waals surface area contributed by atoms with Crippen LogP contribution in [0.2, 0.25) is 5.02 Å². The Labute approximate surface area is 196 Å².